The van der Waals surface area contributed by atoms with Crippen molar-refractivity contribution >= 4 is 11.4 Å². The Morgan fingerprint density at radius 3 is 2.17 bits per heavy atom. The molecule has 1 nitrogen and oxygen atoms in total. The van der Waals surface area contributed by atoms with Crippen LogP contribution in [0.4, 0.5) is 11.4 Å². The van der Waals surface area contributed by atoms with Gasteiger partial charge in [0.25, 0.3) is 0 Å². The van der Waals surface area contributed by atoms with Crippen LogP contribution in [0.5, 0.6) is 0 Å². The molecule has 24 heavy (non-hydrogen) atoms. The number of hydrogen-bond donors (Lipinski definition) is 1. The lowest BCUT2D eigenvalue weighted by Gasteiger charge is -2.17. The van der Waals surface area contributed by atoms with Gasteiger partial charge in [0.1, 0.15) is 0 Å². The van der Waals surface area contributed by atoms with Gasteiger partial charge < -0.3 is 5.32 Å². The second-order valence-corrected chi connectivity index (χ2v) is 7.78. The number of aryl methyl sites for hydroxylation is 1. The Morgan fingerprint density at radius 2 is 1.42 bits per heavy atom. The Labute approximate surface area is 146 Å². The Morgan fingerprint density at radius 1 is 0.750 bits per heavy atom. The maximum Gasteiger partial charge on any atom is 0.0387 e. The number of nitrogens with one attached hydrogen (secondary N) is 1. The summed E-state index contributed by atoms with van der Waals surface area (Å²) in [6, 6.07) is 16.0. The molecule has 2 aromatic carbocycles. The minimum atomic E-state index is 0.775. The van der Waals surface area contributed by atoms with Crippen LogP contribution >= 0.6 is 0 Å². The first kappa shape index (κ1) is 15.7. The zero-order valence-corrected chi connectivity index (χ0v) is 14.9. The normalized spacial score (nSPS) is 19.0. The van der Waals surface area contributed by atoms with Crippen molar-refractivity contribution in [2.75, 3.05) is 5.32 Å². The molecule has 4 rings (SSSR count). The average molecular weight is 319 g/mol. The van der Waals surface area contributed by atoms with Crippen LogP contribution in [0.1, 0.15) is 79.9 Å². The summed E-state index contributed by atoms with van der Waals surface area (Å²) in [6.45, 7) is 2.26. The average Bonchev–Trinajstić information content (AvgIpc) is 3.31. The van der Waals surface area contributed by atoms with Crippen LogP contribution in [0.25, 0.3) is 0 Å². The molecule has 0 radical (unpaired) electrons. The van der Waals surface area contributed by atoms with E-state index in [9.17, 15) is 0 Å². The summed E-state index contributed by atoms with van der Waals surface area (Å²) < 4.78 is 0. The van der Waals surface area contributed by atoms with Crippen molar-refractivity contribution in [3.8, 4) is 0 Å². The first-order valence-corrected chi connectivity index (χ1v) is 9.77. The minimum Gasteiger partial charge on any atom is -0.356 e. The van der Waals surface area contributed by atoms with E-state index in [1.165, 1.54) is 73.9 Å². The summed E-state index contributed by atoms with van der Waals surface area (Å²) in [6.07, 6.45) is 11.0. The number of hydrogen-bond acceptors (Lipinski definition) is 1. The van der Waals surface area contributed by atoms with Crippen molar-refractivity contribution in [3.05, 3.63) is 59.2 Å². The number of benzene rings is 2. The predicted octanol–water partition coefficient (Wildman–Crippen LogP) is 7.05. The molecule has 0 aliphatic heterocycles. The van der Waals surface area contributed by atoms with Gasteiger partial charge in [-0.25, -0.2) is 0 Å². The fraction of sp³-hybridized carbons (Fsp3) is 0.478. The van der Waals surface area contributed by atoms with E-state index in [-0.39, 0.29) is 0 Å². The Bertz CT molecular complexity index is 691. The van der Waals surface area contributed by atoms with Gasteiger partial charge in [-0.15, -0.1) is 0 Å². The summed E-state index contributed by atoms with van der Waals surface area (Å²) in [5, 5.41) is 3.66. The van der Waals surface area contributed by atoms with Crippen LogP contribution in [0.3, 0.4) is 0 Å². The zero-order valence-electron chi connectivity index (χ0n) is 14.9. The van der Waals surface area contributed by atoms with Crippen LogP contribution in [0.15, 0.2) is 42.5 Å². The molecular formula is C23H29N. The van der Waals surface area contributed by atoms with Crippen molar-refractivity contribution in [1.29, 1.82) is 0 Å². The van der Waals surface area contributed by atoms with Gasteiger partial charge >= 0.3 is 0 Å². The van der Waals surface area contributed by atoms with E-state index in [1.54, 1.807) is 5.56 Å². The largest absolute Gasteiger partial charge is 0.356 e. The van der Waals surface area contributed by atoms with Crippen LogP contribution < -0.4 is 5.32 Å². The van der Waals surface area contributed by atoms with Gasteiger partial charge in [0.2, 0.25) is 0 Å². The summed E-state index contributed by atoms with van der Waals surface area (Å²) in [5.41, 5.74) is 7.00. The van der Waals surface area contributed by atoms with E-state index >= 15 is 0 Å². The molecule has 0 amide bonds. The van der Waals surface area contributed by atoms with E-state index in [0.717, 1.165) is 11.8 Å². The van der Waals surface area contributed by atoms with Gasteiger partial charge in [-0.05, 0) is 85.4 Å². The van der Waals surface area contributed by atoms with E-state index in [0.29, 0.717) is 0 Å². The lowest BCUT2D eigenvalue weighted by molar-refractivity contribution is 0.718. The highest BCUT2D eigenvalue weighted by Crippen LogP contribution is 2.38. The molecule has 2 aliphatic rings. The van der Waals surface area contributed by atoms with Crippen molar-refractivity contribution < 1.29 is 0 Å². The maximum atomic E-state index is 3.66. The van der Waals surface area contributed by atoms with Gasteiger partial charge in [-0.2, -0.15) is 0 Å². The topological polar surface area (TPSA) is 12.0 Å². The summed E-state index contributed by atoms with van der Waals surface area (Å²) in [5.74, 6) is 1.55. The van der Waals surface area contributed by atoms with Crippen LogP contribution in [0.2, 0.25) is 0 Å². The molecule has 0 atom stereocenters. The van der Waals surface area contributed by atoms with E-state index in [1.807, 2.05) is 0 Å². The van der Waals surface area contributed by atoms with Gasteiger partial charge in [-0.1, -0.05) is 43.9 Å². The Hall–Kier alpha value is -1.76. The molecule has 0 unspecified atom stereocenters. The SMILES string of the molecule is Cc1ccc(Nc2cccc(C3CCCC3)c2)cc1C1CCCC1. The van der Waals surface area contributed by atoms with Crippen molar-refractivity contribution in [1.82, 2.24) is 0 Å². The second kappa shape index (κ2) is 7.01. The second-order valence-electron chi connectivity index (χ2n) is 7.78. The van der Waals surface area contributed by atoms with Gasteiger partial charge in [0, 0.05) is 11.4 Å². The molecule has 126 valence electrons. The molecule has 0 bridgehead atoms. The first-order valence-electron chi connectivity index (χ1n) is 9.77. The molecule has 1 heteroatoms. The van der Waals surface area contributed by atoms with Crippen molar-refractivity contribution in [3.63, 3.8) is 0 Å². The molecule has 2 saturated carbocycles. The highest BCUT2D eigenvalue weighted by Gasteiger charge is 2.19. The van der Waals surface area contributed by atoms with Crippen molar-refractivity contribution in [2.45, 2.75) is 70.1 Å². The van der Waals surface area contributed by atoms with Crippen LogP contribution in [-0.4, -0.2) is 0 Å². The highest BCUT2D eigenvalue weighted by molar-refractivity contribution is 5.62. The minimum absolute atomic E-state index is 0.775. The van der Waals surface area contributed by atoms with Crippen LogP contribution in [-0.2, 0) is 0 Å². The molecule has 0 heterocycles. The quantitative estimate of drug-likeness (QED) is 0.636. The molecule has 0 aromatic heterocycles. The standard InChI is InChI=1S/C23H29N/c1-17-13-14-22(16-23(17)19-9-4-5-10-19)24-21-12-6-11-20(15-21)18-7-2-3-8-18/h6,11-16,18-19,24H,2-5,7-10H2,1H3. The molecule has 1 N–H and O–H groups in total. The molecule has 0 saturated heterocycles. The molecular weight excluding hydrogens is 290 g/mol. The Kier molecular flexibility index (Phi) is 4.60. The monoisotopic (exact) mass is 319 g/mol. The molecule has 2 aliphatic carbocycles. The summed E-state index contributed by atoms with van der Waals surface area (Å²) in [7, 11) is 0. The lowest BCUT2D eigenvalue weighted by Crippen LogP contribution is -1.99. The zero-order chi connectivity index (χ0) is 16.4. The summed E-state index contributed by atoms with van der Waals surface area (Å²) >= 11 is 0. The molecule has 2 aromatic rings. The van der Waals surface area contributed by atoms with Crippen LogP contribution in [0, 0.1) is 6.92 Å². The third-order valence-electron chi connectivity index (χ3n) is 6.08. The fourth-order valence-corrected chi connectivity index (χ4v) is 4.69. The predicted molar refractivity (Wildman–Crippen MR) is 103 cm³/mol. The van der Waals surface area contributed by atoms with Gasteiger partial charge in [0.15, 0.2) is 0 Å². The smallest absolute Gasteiger partial charge is 0.0387 e. The molecule has 2 fully saturated rings. The summed E-state index contributed by atoms with van der Waals surface area (Å²) in [4.78, 5) is 0. The van der Waals surface area contributed by atoms with Crippen molar-refractivity contribution in [2.24, 2.45) is 0 Å². The van der Waals surface area contributed by atoms with E-state index in [4.69, 9.17) is 0 Å². The number of anilines is 2. The van der Waals surface area contributed by atoms with E-state index in [2.05, 4.69) is 54.7 Å². The maximum absolute atomic E-state index is 3.66. The third-order valence-corrected chi connectivity index (χ3v) is 6.08. The third kappa shape index (κ3) is 3.36. The number of rotatable bonds is 4. The Balaban J connectivity index is 1.54. The lowest BCUT2D eigenvalue weighted by atomic mass is 9.93. The fourth-order valence-electron chi connectivity index (χ4n) is 4.69. The highest BCUT2D eigenvalue weighted by atomic mass is 14.9. The first-order chi connectivity index (χ1) is 11.8. The van der Waals surface area contributed by atoms with Gasteiger partial charge in [-0.3, -0.25) is 0 Å². The van der Waals surface area contributed by atoms with Gasteiger partial charge in [0.05, 0.1) is 0 Å². The van der Waals surface area contributed by atoms with E-state index < -0.39 is 0 Å². The molecule has 0 spiro atoms.